The molecule has 0 unspecified atom stereocenters. The zero-order valence-corrected chi connectivity index (χ0v) is 17.4. The number of hydrogen-bond donors (Lipinski definition) is 2. The van der Waals surface area contributed by atoms with Crippen molar-refractivity contribution in [2.24, 2.45) is 7.05 Å². The fourth-order valence-electron chi connectivity index (χ4n) is 2.70. The summed E-state index contributed by atoms with van der Waals surface area (Å²) in [5, 5.41) is 14.1. The van der Waals surface area contributed by atoms with Crippen molar-refractivity contribution >= 4 is 21.6 Å². The second-order valence-corrected chi connectivity index (χ2v) is 8.07. The van der Waals surface area contributed by atoms with Crippen LogP contribution in [0.1, 0.15) is 13.3 Å². The van der Waals surface area contributed by atoms with Crippen LogP contribution in [0.15, 0.2) is 53.4 Å². The van der Waals surface area contributed by atoms with Gasteiger partial charge in [-0.15, -0.1) is 5.10 Å². The quantitative estimate of drug-likeness (QED) is 0.527. The Kier molecular flexibility index (Phi) is 6.75. The Bertz CT molecular complexity index is 1110. The number of carbonyl (C=O) groups is 1. The van der Waals surface area contributed by atoms with E-state index in [-0.39, 0.29) is 23.8 Å². The molecule has 0 bridgehead atoms. The van der Waals surface area contributed by atoms with Crippen molar-refractivity contribution in [3.8, 4) is 17.1 Å². The predicted molar refractivity (Wildman–Crippen MR) is 110 cm³/mol. The van der Waals surface area contributed by atoms with Gasteiger partial charge in [-0.2, -0.15) is 0 Å². The lowest BCUT2D eigenvalue weighted by Gasteiger charge is -2.09. The molecule has 0 aliphatic heterocycles. The molecule has 0 spiro atoms. The van der Waals surface area contributed by atoms with Crippen LogP contribution in [0.4, 0.5) is 5.69 Å². The molecule has 0 fully saturated rings. The molecule has 0 saturated heterocycles. The molecule has 30 heavy (non-hydrogen) atoms. The number of nitrogens with zero attached hydrogens (tertiary/aromatic N) is 4. The smallest absolute Gasteiger partial charge is 0.240 e. The van der Waals surface area contributed by atoms with Crippen molar-refractivity contribution in [2.45, 2.75) is 18.2 Å². The molecule has 10 nitrogen and oxygen atoms in total. The fraction of sp³-hybridized carbons (Fsp3) is 0.263. The highest BCUT2D eigenvalue weighted by molar-refractivity contribution is 7.89. The summed E-state index contributed by atoms with van der Waals surface area (Å²) < 4.78 is 33.9. The average Bonchev–Trinajstić information content (AvgIpc) is 3.15. The highest BCUT2D eigenvalue weighted by Crippen LogP contribution is 2.20. The molecule has 1 amide bonds. The third kappa shape index (κ3) is 5.39. The maximum Gasteiger partial charge on any atom is 0.240 e. The van der Waals surface area contributed by atoms with Crippen molar-refractivity contribution in [1.29, 1.82) is 0 Å². The van der Waals surface area contributed by atoms with E-state index in [2.05, 4.69) is 25.6 Å². The van der Waals surface area contributed by atoms with Crippen LogP contribution in [-0.2, 0) is 21.9 Å². The van der Waals surface area contributed by atoms with E-state index in [1.807, 2.05) is 13.0 Å². The largest absolute Gasteiger partial charge is 0.494 e. The maximum atomic E-state index is 12.3. The molecule has 0 aliphatic rings. The van der Waals surface area contributed by atoms with Crippen molar-refractivity contribution in [1.82, 2.24) is 24.9 Å². The predicted octanol–water partition coefficient (Wildman–Crippen LogP) is 1.58. The van der Waals surface area contributed by atoms with Crippen LogP contribution in [0.25, 0.3) is 11.4 Å². The van der Waals surface area contributed by atoms with Gasteiger partial charge in [0.15, 0.2) is 5.82 Å². The molecule has 1 heterocycles. The molecule has 2 N–H and O–H groups in total. The SMILES string of the molecule is CCOc1ccc(S(=O)(=O)NCCC(=O)Nc2cccc(-c3nnnn3C)c2)cc1. The molecule has 0 saturated carbocycles. The third-order valence-corrected chi connectivity index (χ3v) is 5.59. The van der Waals surface area contributed by atoms with E-state index in [9.17, 15) is 13.2 Å². The zero-order valence-electron chi connectivity index (χ0n) is 16.6. The minimum absolute atomic E-state index is 0.0218. The van der Waals surface area contributed by atoms with Gasteiger partial charge < -0.3 is 10.1 Å². The Morgan fingerprint density at radius 3 is 2.60 bits per heavy atom. The Morgan fingerprint density at radius 2 is 1.93 bits per heavy atom. The Morgan fingerprint density at radius 1 is 1.17 bits per heavy atom. The number of hydrogen-bond acceptors (Lipinski definition) is 7. The number of rotatable bonds is 9. The maximum absolute atomic E-state index is 12.3. The van der Waals surface area contributed by atoms with Gasteiger partial charge in [0, 0.05) is 31.3 Å². The molecule has 0 radical (unpaired) electrons. The number of nitrogens with one attached hydrogen (secondary N) is 2. The first kappa shape index (κ1) is 21.4. The van der Waals surface area contributed by atoms with Crippen LogP contribution in [0.3, 0.4) is 0 Å². The molecule has 3 aromatic rings. The van der Waals surface area contributed by atoms with Crippen LogP contribution in [-0.4, -0.2) is 47.7 Å². The number of anilines is 1. The van der Waals surface area contributed by atoms with Crippen LogP contribution < -0.4 is 14.8 Å². The Labute approximate surface area is 174 Å². The number of aromatic nitrogens is 4. The lowest BCUT2D eigenvalue weighted by molar-refractivity contribution is -0.116. The molecule has 0 atom stereocenters. The summed E-state index contributed by atoms with van der Waals surface area (Å²) in [7, 11) is -1.99. The molecule has 1 aromatic heterocycles. The van der Waals surface area contributed by atoms with Gasteiger partial charge in [-0.25, -0.2) is 17.8 Å². The Hall–Kier alpha value is -3.31. The number of amides is 1. The lowest BCUT2D eigenvalue weighted by Crippen LogP contribution is -2.27. The first-order chi connectivity index (χ1) is 14.4. The van der Waals surface area contributed by atoms with Crippen molar-refractivity contribution in [3.05, 3.63) is 48.5 Å². The van der Waals surface area contributed by atoms with E-state index < -0.39 is 10.0 Å². The first-order valence-corrected chi connectivity index (χ1v) is 10.7. The van der Waals surface area contributed by atoms with Gasteiger partial charge in [0.25, 0.3) is 0 Å². The van der Waals surface area contributed by atoms with E-state index in [1.54, 1.807) is 37.4 Å². The van der Waals surface area contributed by atoms with E-state index >= 15 is 0 Å². The number of carbonyl (C=O) groups excluding carboxylic acids is 1. The number of sulfonamides is 1. The second-order valence-electron chi connectivity index (χ2n) is 6.31. The zero-order chi connectivity index (χ0) is 21.6. The standard InChI is InChI=1S/C19H22N6O4S/c1-3-29-16-7-9-17(10-8-16)30(27,28)20-12-11-18(26)21-15-6-4-5-14(13-15)19-22-23-24-25(19)2/h4-10,13,20H,3,11-12H2,1-2H3,(H,21,26). The van der Waals surface area contributed by atoms with Crippen molar-refractivity contribution in [3.63, 3.8) is 0 Å². The van der Waals surface area contributed by atoms with Crippen LogP contribution in [0.2, 0.25) is 0 Å². The monoisotopic (exact) mass is 430 g/mol. The normalized spacial score (nSPS) is 11.3. The van der Waals surface area contributed by atoms with Gasteiger partial charge in [-0.3, -0.25) is 4.79 Å². The molecule has 2 aromatic carbocycles. The number of benzene rings is 2. The molecule has 158 valence electrons. The third-order valence-electron chi connectivity index (χ3n) is 4.11. The molecule has 11 heteroatoms. The number of aryl methyl sites for hydroxylation is 1. The summed E-state index contributed by atoms with van der Waals surface area (Å²) in [6.07, 6.45) is -0.0218. The topological polar surface area (TPSA) is 128 Å². The summed E-state index contributed by atoms with van der Waals surface area (Å²) in [5.41, 5.74) is 1.31. The summed E-state index contributed by atoms with van der Waals surface area (Å²) in [6, 6.07) is 13.2. The van der Waals surface area contributed by atoms with Crippen LogP contribution in [0.5, 0.6) is 5.75 Å². The van der Waals surface area contributed by atoms with E-state index in [0.29, 0.717) is 23.9 Å². The van der Waals surface area contributed by atoms with Crippen molar-refractivity contribution in [2.75, 3.05) is 18.5 Å². The fourth-order valence-corrected chi connectivity index (χ4v) is 3.73. The number of ether oxygens (including phenoxy) is 1. The lowest BCUT2D eigenvalue weighted by atomic mass is 10.2. The van der Waals surface area contributed by atoms with E-state index in [4.69, 9.17) is 4.74 Å². The highest BCUT2D eigenvalue weighted by Gasteiger charge is 2.14. The summed E-state index contributed by atoms with van der Waals surface area (Å²) >= 11 is 0. The highest BCUT2D eigenvalue weighted by atomic mass is 32.2. The van der Waals surface area contributed by atoms with Gasteiger partial charge in [0.1, 0.15) is 5.75 Å². The summed E-state index contributed by atoms with van der Waals surface area (Å²) in [6.45, 7) is 2.31. The molecule has 0 aliphatic carbocycles. The summed E-state index contributed by atoms with van der Waals surface area (Å²) in [5.74, 6) is 0.835. The molecule has 3 rings (SSSR count). The van der Waals surface area contributed by atoms with Gasteiger partial charge in [0.2, 0.25) is 15.9 Å². The first-order valence-electron chi connectivity index (χ1n) is 9.24. The molecular weight excluding hydrogens is 408 g/mol. The van der Waals surface area contributed by atoms with Gasteiger partial charge in [-0.1, -0.05) is 12.1 Å². The average molecular weight is 430 g/mol. The van der Waals surface area contributed by atoms with Crippen LogP contribution in [0, 0.1) is 0 Å². The molecular formula is C19H22N6O4S. The minimum atomic E-state index is -3.71. The second kappa shape index (κ2) is 9.46. The summed E-state index contributed by atoms with van der Waals surface area (Å²) in [4.78, 5) is 12.3. The van der Waals surface area contributed by atoms with E-state index in [1.165, 1.54) is 16.8 Å². The van der Waals surface area contributed by atoms with Gasteiger partial charge in [-0.05, 0) is 53.7 Å². The minimum Gasteiger partial charge on any atom is -0.494 e. The van der Waals surface area contributed by atoms with Gasteiger partial charge >= 0.3 is 0 Å². The number of tetrazole rings is 1. The van der Waals surface area contributed by atoms with Crippen molar-refractivity contribution < 1.29 is 17.9 Å². The Balaban J connectivity index is 1.54. The van der Waals surface area contributed by atoms with Crippen LogP contribution >= 0.6 is 0 Å². The van der Waals surface area contributed by atoms with Gasteiger partial charge in [0.05, 0.1) is 11.5 Å². The van der Waals surface area contributed by atoms with E-state index in [0.717, 1.165) is 5.56 Å².